The van der Waals surface area contributed by atoms with Gasteiger partial charge in [-0.1, -0.05) is 30.3 Å². The second kappa shape index (κ2) is 6.79. The van der Waals surface area contributed by atoms with Crippen molar-refractivity contribution in [2.45, 2.75) is 6.42 Å². The molecule has 0 saturated heterocycles. The van der Waals surface area contributed by atoms with E-state index in [1.807, 2.05) is 24.3 Å². The summed E-state index contributed by atoms with van der Waals surface area (Å²) in [4.78, 5) is 20.3. The van der Waals surface area contributed by atoms with Crippen LogP contribution in [0.3, 0.4) is 0 Å². The number of carbonyl (C=O) groups is 1. The third-order valence-corrected chi connectivity index (χ3v) is 4.03. The molecule has 1 amide bonds. The molecular formula is C19H15FN4O2. The first kappa shape index (κ1) is 16.0. The standard InChI is InChI=1S/C19H15FN4O2/c20-15-6-3-5-14(10-15)18-21-11-16(12-22-18)26-19(25)23-24-9-8-13-4-1-2-7-17(13)24/h1-7,10-12H,8-9H2,(H,23,25). The fourth-order valence-electron chi connectivity index (χ4n) is 2.84. The Bertz CT molecular complexity index is 946. The monoisotopic (exact) mass is 350 g/mol. The molecule has 2 aromatic carbocycles. The maximum Gasteiger partial charge on any atom is 0.431 e. The van der Waals surface area contributed by atoms with Gasteiger partial charge < -0.3 is 4.74 Å². The van der Waals surface area contributed by atoms with Crippen LogP contribution in [-0.4, -0.2) is 22.6 Å². The van der Waals surface area contributed by atoms with E-state index in [4.69, 9.17) is 4.74 Å². The highest BCUT2D eigenvalue weighted by Crippen LogP contribution is 2.25. The number of nitrogens with one attached hydrogen (secondary N) is 1. The Balaban J connectivity index is 1.41. The quantitative estimate of drug-likeness (QED) is 0.785. The van der Waals surface area contributed by atoms with Gasteiger partial charge in [0.25, 0.3) is 0 Å². The fourth-order valence-corrected chi connectivity index (χ4v) is 2.84. The highest BCUT2D eigenvalue weighted by atomic mass is 19.1. The average molecular weight is 350 g/mol. The van der Waals surface area contributed by atoms with E-state index in [1.165, 1.54) is 30.1 Å². The number of para-hydroxylation sites is 1. The first-order chi connectivity index (χ1) is 12.7. The summed E-state index contributed by atoms with van der Waals surface area (Å²) in [5.41, 5.74) is 5.39. The van der Waals surface area contributed by atoms with E-state index in [-0.39, 0.29) is 11.6 Å². The normalized spacial score (nSPS) is 12.6. The predicted octanol–water partition coefficient (Wildman–Crippen LogP) is 3.35. The molecular weight excluding hydrogens is 335 g/mol. The predicted molar refractivity (Wildman–Crippen MR) is 94.1 cm³/mol. The molecule has 3 aromatic rings. The van der Waals surface area contributed by atoms with Crippen molar-refractivity contribution in [1.29, 1.82) is 0 Å². The van der Waals surface area contributed by atoms with Crippen LogP contribution in [-0.2, 0) is 6.42 Å². The minimum absolute atomic E-state index is 0.204. The van der Waals surface area contributed by atoms with Crippen LogP contribution in [0.2, 0.25) is 0 Å². The smallest absolute Gasteiger partial charge is 0.406 e. The summed E-state index contributed by atoms with van der Waals surface area (Å²) < 4.78 is 18.5. The van der Waals surface area contributed by atoms with Crippen molar-refractivity contribution < 1.29 is 13.9 Å². The van der Waals surface area contributed by atoms with Crippen molar-refractivity contribution in [2.75, 3.05) is 11.6 Å². The summed E-state index contributed by atoms with van der Waals surface area (Å²) >= 11 is 0. The third kappa shape index (κ3) is 3.32. The lowest BCUT2D eigenvalue weighted by Gasteiger charge is -2.19. The maximum absolute atomic E-state index is 13.3. The number of carbonyl (C=O) groups excluding carboxylic acids is 1. The first-order valence-corrected chi connectivity index (χ1v) is 8.11. The lowest BCUT2D eigenvalue weighted by atomic mass is 10.2. The lowest BCUT2D eigenvalue weighted by Crippen LogP contribution is -2.42. The van der Waals surface area contributed by atoms with E-state index < -0.39 is 6.09 Å². The summed E-state index contributed by atoms with van der Waals surface area (Å²) in [6, 6.07) is 13.8. The van der Waals surface area contributed by atoms with E-state index in [9.17, 15) is 9.18 Å². The second-order valence-electron chi connectivity index (χ2n) is 5.78. The van der Waals surface area contributed by atoms with Gasteiger partial charge in [0.1, 0.15) is 5.82 Å². The highest BCUT2D eigenvalue weighted by Gasteiger charge is 2.20. The molecule has 1 aliphatic rings. The van der Waals surface area contributed by atoms with Gasteiger partial charge in [0, 0.05) is 12.1 Å². The van der Waals surface area contributed by atoms with Crippen molar-refractivity contribution in [3.63, 3.8) is 0 Å². The molecule has 0 spiro atoms. The molecule has 1 aliphatic heterocycles. The molecule has 0 bridgehead atoms. The van der Waals surface area contributed by atoms with Gasteiger partial charge in [-0.25, -0.2) is 24.6 Å². The summed E-state index contributed by atoms with van der Waals surface area (Å²) in [5, 5.41) is 1.75. The number of hydrogen-bond acceptors (Lipinski definition) is 5. The van der Waals surface area contributed by atoms with Gasteiger partial charge in [-0.3, -0.25) is 5.01 Å². The van der Waals surface area contributed by atoms with Crippen LogP contribution in [0.15, 0.2) is 60.9 Å². The number of anilines is 1. The van der Waals surface area contributed by atoms with Crippen LogP contribution in [0.5, 0.6) is 5.75 Å². The summed E-state index contributed by atoms with van der Waals surface area (Å²) in [6.45, 7) is 0.684. The third-order valence-electron chi connectivity index (χ3n) is 4.03. The number of aromatic nitrogens is 2. The van der Waals surface area contributed by atoms with Gasteiger partial charge in [0.15, 0.2) is 11.6 Å². The van der Waals surface area contributed by atoms with Crippen molar-refractivity contribution in [3.8, 4) is 17.1 Å². The Morgan fingerprint density at radius 1 is 1.12 bits per heavy atom. The van der Waals surface area contributed by atoms with Crippen molar-refractivity contribution in [3.05, 3.63) is 72.3 Å². The molecule has 7 heteroatoms. The molecule has 0 unspecified atom stereocenters. The summed E-state index contributed by atoms with van der Waals surface area (Å²) in [6.07, 6.45) is 3.00. The molecule has 0 fully saturated rings. The van der Waals surface area contributed by atoms with Crippen molar-refractivity contribution in [2.24, 2.45) is 0 Å². The number of hydrazine groups is 1. The lowest BCUT2D eigenvalue weighted by molar-refractivity contribution is 0.199. The molecule has 6 nitrogen and oxygen atoms in total. The van der Waals surface area contributed by atoms with Crippen molar-refractivity contribution >= 4 is 11.8 Å². The van der Waals surface area contributed by atoms with Crippen LogP contribution in [0.1, 0.15) is 5.56 Å². The Hall–Kier alpha value is -3.48. The maximum atomic E-state index is 13.3. The Morgan fingerprint density at radius 2 is 1.92 bits per heavy atom. The number of nitrogens with zero attached hydrogens (tertiary/aromatic N) is 3. The molecule has 0 aliphatic carbocycles. The minimum atomic E-state index is -0.621. The zero-order valence-corrected chi connectivity index (χ0v) is 13.7. The van der Waals surface area contributed by atoms with E-state index in [2.05, 4.69) is 15.4 Å². The van der Waals surface area contributed by atoms with Crippen LogP contribution in [0.25, 0.3) is 11.4 Å². The van der Waals surface area contributed by atoms with Gasteiger partial charge in [0.2, 0.25) is 0 Å². The largest absolute Gasteiger partial charge is 0.431 e. The van der Waals surface area contributed by atoms with Gasteiger partial charge in [-0.15, -0.1) is 0 Å². The number of amides is 1. The molecule has 0 radical (unpaired) electrons. The van der Waals surface area contributed by atoms with Crippen LogP contribution < -0.4 is 15.2 Å². The Morgan fingerprint density at radius 3 is 2.73 bits per heavy atom. The first-order valence-electron chi connectivity index (χ1n) is 8.11. The fraction of sp³-hybridized carbons (Fsp3) is 0.105. The van der Waals surface area contributed by atoms with Gasteiger partial charge >= 0.3 is 6.09 Å². The SMILES string of the molecule is O=C(NN1CCc2ccccc21)Oc1cnc(-c2cccc(F)c2)nc1. The van der Waals surface area contributed by atoms with Crippen LogP contribution in [0.4, 0.5) is 14.9 Å². The number of ether oxygens (including phenoxy) is 1. The molecule has 1 N–H and O–H groups in total. The van der Waals surface area contributed by atoms with Gasteiger partial charge in [-0.05, 0) is 30.2 Å². The summed E-state index contributed by atoms with van der Waals surface area (Å²) in [7, 11) is 0. The summed E-state index contributed by atoms with van der Waals surface area (Å²) in [5.74, 6) is 0.192. The molecule has 4 rings (SSSR count). The Labute approximate surface area is 149 Å². The molecule has 0 saturated carbocycles. The topological polar surface area (TPSA) is 67.4 Å². The average Bonchev–Trinajstić information content (AvgIpc) is 3.05. The zero-order valence-electron chi connectivity index (χ0n) is 13.7. The number of benzene rings is 2. The number of hydrogen-bond donors (Lipinski definition) is 1. The van der Waals surface area contributed by atoms with E-state index in [1.54, 1.807) is 17.1 Å². The van der Waals surface area contributed by atoms with E-state index in [0.717, 1.165) is 12.1 Å². The molecule has 2 heterocycles. The Kier molecular flexibility index (Phi) is 4.18. The molecule has 0 atom stereocenters. The van der Waals surface area contributed by atoms with E-state index in [0.29, 0.717) is 17.9 Å². The molecule has 130 valence electrons. The minimum Gasteiger partial charge on any atom is -0.406 e. The number of rotatable bonds is 3. The van der Waals surface area contributed by atoms with Gasteiger partial charge in [-0.2, -0.15) is 0 Å². The number of fused-ring (bicyclic) bond motifs is 1. The molecule has 26 heavy (non-hydrogen) atoms. The van der Waals surface area contributed by atoms with Gasteiger partial charge in [0.05, 0.1) is 18.1 Å². The highest BCUT2D eigenvalue weighted by molar-refractivity contribution is 5.74. The van der Waals surface area contributed by atoms with Crippen LogP contribution >= 0.6 is 0 Å². The van der Waals surface area contributed by atoms with Crippen molar-refractivity contribution in [1.82, 2.24) is 15.4 Å². The molecule has 1 aromatic heterocycles. The van der Waals surface area contributed by atoms with E-state index >= 15 is 0 Å². The second-order valence-corrected chi connectivity index (χ2v) is 5.78. The number of halogens is 1. The zero-order chi connectivity index (χ0) is 17.9. The van der Waals surface area contributed by atoms with Crippen LogP contribution in [0, 0.1) is 5.82 Å².